The summed E-state index contributed by atoms with van der Waals surface area (Å²) >= 11 is 0. The molecule has 11 nitrogen and oxygen atoms in total. The predicted octanol–water partition coefficient (Wildman–Crippen LogP) is 1.70. The Hall–Kier alpha value is -3.62. The summed E-state index contributed by atoms with van der Waals surface area (Å²) in [6.45, 7) is -0.756. The van der Waals surface area contributed by atoms with Gasteiger partial charge in [-0.3, -0.25) is 14.1 Å². The summed E-state index contributed by atoms with van der Waals surface area (Å²) in [5.41, 5.74) is -0.115. The third kappa shape index (κ3) is 4.10. The number of carbonyl (C=O) groups excluding carboxylic acids is 1. The number of rotatable bonds is 5. The first kappa shape index (κ1) is 21.6. The normalized spacial score (nSPS) is 22.5. The molecule has 32 heavy (non-hydrogen) atoms. The zero-order valence-corrected chi connectivity index (χ0v) is 16.0. The van der Waals surface area contributed by atoms with Gasteiger partial charge in [-0.2, -0.15) is 0 Å². The lowest BCUT2D eigenvalue weighted by Crippen LogP contribution is -2.35. The van der Waals surface area contributed by atoms with Crippen LogP contribution in [0.5, 0.6) is 0 Å². The number of aromatic nitrogens is 4. The van der Waals surface area contributed by atoms with Crippen LogP contribution in [0.15, 0.2) is 48.1 Å². The van der Waals surface area contributed by atoms with Crippen molar-refractivity contribution in [2.75, 3.05) is 11.9 Å². The van der Waals surface area contributed by atoms with Gasteiger partial charge in [-0.25, -0.2) is 15.0 Å². The Morgan fingerprint density at radius 3 is 2.66 bits per heavy atom. The predicted molar refractivity (Wildman–Crippen MR) is 101 cm³/mol. The Kier molecular flexibility index (Phi) is 5.73. The second-order valence-electron chi connectivity index (χ2n) is 6.57. The van der Waals surface area contributed by atoms with Crippen molar-refractivity contribution in [3.63, 3.8) is 0 Å². The van der Waals surface area contributed by atoms with E-state index in [0.717, 1.165) is 17.2 Å². The van der Waals surface area contributed by atoms with E-state index in [1.54, 1.807) is 30.3 Å². The summed E-state index contributed by atoms with van der Waals surface area (Å²) in [4.78, 5) is 24.5. The van der Waals surface area contributed by atoms with Crippen molar-refractivity contribution in [3.8, 4) is 0 Å². The van der Waals surface area contributed by atoms with Crippen molar-refractivity contribution >= 4 is 28.6 Å². The number of oxime groups is 1. The highest BCUT2D eigenvalue weighted by Crippen LogP contribution is 2.35. The fraction of sp³-hybridized carbons (Fsp3) is 0.278. The minimum Gasteiger partial charge on any atom is -0.411 e. The molecule has 1 saturated heterocycles. The smallest absolute Gasteiger partial charge is 0.411 e. The first-order valence-corrected chi connectivity index (χ1v) is 9.09. The van der Waals surface area contributed by atoms with Crippen LogP contribution in [-0.2, 0) is 9.47 Å². The van der Waals surface area contributed by atoms with Crippen molar-refractivity contribution in [3.05, 3.63) is 48.5 Å². The van der Waals surface area contributed by atoms with E-state index in [1.807, 2.05) is 0 Å². The van der Waals surface area contributed by atoms with Crippen LogP contribution in [0.2, 0.25) is 0 Å². The highest BCUT2D eigenvalue weighted by atomic mass is 19.4. The van der Waals surface area contributed by atoms with Crippen LogP contribution < -0.4 is 5.32 Å². The Balaban J connectivity index is 1.70. The van der Waals surface area contributed by atoms with Gasteiger partial charge in [0.15, 0.2) is 29.3 Å². The van der Waals surface area contributed by atoms with Gasteiger partial charge in [0.1, 0.15) is 18.1 Å². The van der Waals surface area contributed by atoms with Crippen LogP contribution in [0.4, 0.5) is 19.0 Å². The Morgan fingerprint density at radius 2 is 2.00 bits per heavy atom. The lowest BCUT2D eigenvalue weighted by Gasteiger charge is -2.21. The molecule has 2 aromatic heterocycles. The number of anilines is 1. The van der Waals surface area contributed by atoms with Crippen molar-refractivity contribution in [1.82, 2.24) is 19.5 Å². The first-order valence-electron chi connectivity index (χ1n) is 9.09. The van der Waals surface area contributed by atoms with Crippen molar-refractivity contribution < 1.29 is 37.8 Å². The lowest BCUT2D eigenvalue weighted by atomic mass is 10.1. The van der Waals surface area contributed by atoms with Gasteiger partial charge >= 0.3 is 6.36 Å². The molecule has 3 heterocycles. The molecule has 3 aromatic rings. The number of nitrogens with zero attached hydrogens (tertiary/aromatic N) is 5. The minimum absolute atomic E-state index is 0.0139. The molecule has 168 valence electrons. The number of nitrogens with one attached hydrogen (secondary N) is 1. The number of hydrogen-bond acceptors (Lipinski definition) is 9. The topological polar surface area (TPSA) is 144 Å². The van der Waals surface area contributed by atoms with Gasteiger partial charge in [0, 0.05) is 5.56 Å². The molecule has 0 unspecified atom stereocenters. The van der Waals surface area contributed by atoms with Crippen molar-refractivity contribution in [2.24, 2.45) is 5.16 Å². The van der Waals surface area contributed by atoms with Gasteiger partial charge in [-0.05, 0) is 12.1 Å². The third-order valence-corrected chi connectivity index (χ3v) is 4.63. The summed E-state index contributed by atoms with van der Waals surface area (Å²) in [7, 11) is 0. The van der Waals surface area contributed by atoms with Crippen LogP contribution in [0.1, 0.15) is 16.6 Å². The van der Waals surface area contributed by atoms with Gasteiger partial charge in [0.2, 0.25) is 0 Å². The number of halogens is 3. The number of carbonyl (C=O) groups is 1. The Morgan fingerprint density at radius 1 is 1.25 bits per heavy atom. The number of hydrogen-bond donors (Lipinski definition) is 3. The molecule has 1 aliphatic heterocycles. The fourth-order valence-corrected chi connectivity index (χ4v) is 3.27. The lowest BCUT2D eigenvalue weighted by molar-refractivity contribution is -0.342. The zero-order chi connectivity index (χ0) is 22.9. The van der Waals surface area contributed by atoms with E-state index in [1.165, 1.54) is 0 Å². The number of alkyl halides is 3. The summed E-state index contributed by atoms with van der Waals surface area (Å²) in [5.74, 6) is -0.464. The number of ether oxygens (including phenoxy) is 2. The maximum Gasteiger partial charge on any atom is 0.523 e. The molecule has 3 atom stereocenters. The maximum atomic E-state index is 13.0. The average Bonchev–Trinajstić information content (AvgIpc) is 3.34. The molecule has 4 rings (SSSR count). The molecular formula is C18H15F3N6O5. The fourth-order valence-electron chi connectivity index (χ4n) is 3.27. The summed E-state index contributed by atoms with van der Waals surface area (Å²) in [5, 5.41) is 24.0. The Bertz CT molecular complexity index is 1150. The molecule has 1 aromatic carbocycles. The molecule has 3 N–H and O–H groups in total. The second-order valence-corrected chi connectivity index (χ2v) is 6.57. The van der Waals surface area contributed by atoms with E-state index < -0.39 is 43.0 Å². The molecule has 0 radical (unpaired) electrons. The van der Waals surface area contributed by atoms with Gasteiger partial charge in [0.25, 0.3) is 5.91 Å². The van der Waals surface area contributed by atoms with Gasteiger partial charge in [0.05, 0.1) is 12.9 Å². The SMILES string of the molecule is O=C(Nc1ncnc2c1ncn2[C@@H]1O[C@H](CO)/C(=N/O)[C@H]1OC(F)(F)F)c1ccccc1. The summed E-state index contributed by atoms with van der Waals surface area (Å²) in [6, 6.07) is 8.27. The Labute approximate surface area is 177 Å². The zero-order valence-electron chi connectivity index (χ0n) is 16.0. The quantitative estimate of drug-likeness (QED) is 0.392. The van der Waals surface area contributed by atoms with E-state index in [0.29, 0.717) is 5.56 Å². The summed E-state index contributed by atoms with van der Waals surface area (Å²) in [6.07, 6.45) is -7.70. The van der Waals surface area contributed by atoms with Crippen LogP contribution in [0, 0.1) is 0 Å². The van der Waals surface area contributed by atoms with Crippen molar-refractivity contribution in [1.29, 1.82) is 0 Å². The van der Waals surface area contributed by atoms with E-state index in [9.17, 15) is 23.1 Å². The van der Waals surface area contributed by atoms with E-state index >= 15 is 0 Å². The van der Waals surface area contributed by atoms with E-state index in [-0.39, 0.29) is 17.0 Å². The number of benzene rings is 1. The van der Waals surface area contributed by atoms with E-state index in [4.69, 9.17) is 9.94 Å². The van der Waals surface area contributed by atoms with Gasteiger partial charge in [-0.1, -0.05) is 23.4 Å². The molecule has 1 fully saturated rings. The molecule has 0 bridgehead atoms. The molecule has 0 spiro atoms. The number of fused-ring (bicyclic) bond motifs is 1. The van der Waals surface area contributed by atoms with Crippen LogP contribution in [-0.4, -0.2) is 66.6 Å². The molecule has 14 heteroatoms. The van der Waals surface area contributed by atoms with Crippen LogP contribution in [0.25, 0.3) is 11.2 Å². The van der Waals surface area contributed by atoms with Gasteiger partial charge in [-0.15, -0.1) is 13.2 Å². The number of aliphatic hydroxyl groups excluding tert-OH is 1. The largest absolute Gasteiger partial charge is 0.523 e. The number of imidazole rings is 1. The monoisotopic (exact) mass is 452 g/mol. The molecule has 0 aliphatic carbocycles. The highest BCUT2D eigenvalue weighted by Gasteiger charge is 2.49. The second kappa shape index (κ2) is 8.49. The van der Waals surface area contributed by atoms with Crippen LogP contribution in [0.3, 0.4) is 0 Å². The third-order valence-electron chi connectivity index (χ3n) is 4.63. The first-order chi connectivity index (χ1) is 15.3. The van der Waals surface area contributed by atoms with Crippen molar-refractivity contribution in [2.45, 2.75) is 24.8 Å². The van der Waals surface area contributed by atoms with E-state index in [2.05, 4.69) is 30.2 Å². The maximum absolute atomic E-state index is 13.0. The van der Waals surface area contributed by atoms with Gasteiger partial charge < -0.3 is 20.4 Å². The summed E-state index contributed by atoms with van der Waals surface area (Å²) < 4.78 is 49.5. The number of amides is 1. The minimum atomic E-state index is -5.09. The average molecular weight is 452 g/mol. The highest BCUT2D eigenvalue weighted by molar-refractivity contribution is 6.06. The number of aliphatic hydroxyl groups is 1. The van der Waals surface area contributed by atoms with Crippen LogP contribution >= 0.6 is 0 Å². The molecule has 1 amide bonds. The molecule has 0 saturated carbocycles. The standard InChI is InChI=1S/C18H15F3N6O5/c19-18(20,21)32-13-11(26-30)10(6-28)31-17(13)27-8-24-12-14(22-7-23-15(12)27)25-16(29)9-4-2-1-3-5-9/h1-5,7-8,10,13,17,28,30H,6H2,(H,22,23,25,29)/b26-11-/t10-,13-,17-/m1/s1. The molecular weight excluding hydrogens is 437 g/mol. The molecule has 1 aliphatic rings.